The molecular weight excluding hydrogens is 400 g/mol. The molecule has 6 nitrogen and oxygen atoms in total. The number of hydrogen-bond acceptors (Lipinski definition) is 3. The summed E-state index contributed by atoms with van der Waals surface area (Å²) in [7, 11) is 0. The van der Waals surface area contributed by atoms with Crippen molar-refractivity contribution in [2.24, 2.45) is 5.92 Å². The van der Waals surface area contributed by atoms with Crippen molar-refractivity contribution in [1.29, 1.82) is 0 Å². The SMILES string of the molecule is O=C(Nc1cccc(-c2cccc(Cl)c2)c1)C1CCN(C(=O)Cn2cccn2)CC1. The van der Waals surface area contributed by atoms with Crippen LogP contribution in [0.2, 0.25) is 5.02 Å². The smallest absolute Gasteiger partial charge is 0.244 e. The fraction of sp³-hybridized carbons (Fsp3) is 0.261. The van der Waals surface area contributed by atoms with Gasteiger partial charge in [0.2, 0.25) is 11.8 Å². The Labute approximate surface area is 180 Å². The number of carbonyl (C=O) groups is 2. The first-order valence-electron chi connectivity index (χ1n) is 10.0. The minimum absolute atomic E-state index is 0.00239. The summed E-state index contributed by atoms with van der Waals surface area (Å²) in [5.74, 6) is -0.0715. The molecular formula is C23H23ClN4O2. The second-order valence-corrected chi connectivity index (χ2v) is 7.88. The molecule has 1 aliphatic rings. The van der Waals surface area contributed by atoms with Crippen molar-refractivity contribution in [3.63, 3.8) is 0 Å². The van der Waals surface area contributed by atoms with E-state index in [2.05, 4.69) is 10.4 Å². The molecule has 1 saturated heterocycles. The quantitative estimate of drug-likeness (QED) is 0.673. The van der Waals surface area contributed by atoms with Gasteiger partial charge in [0.1, 0.15) is 6.54 Å². The first-order valence-corrected chi connectivity index (χ1v) is 10.4. The summed E-state index contributed by atoms with van der Waals surface area (Å²) >= 11 is 6.09. The normalized spacial score (nSPS) is 14.5. The van der Waals surface area contributed by atoms with Crippen LogP contribution in [0.1, 0.15) is 12.8 Å². The fourth-order valence-electron chi connectivity index (χ4n) is 3.71. The van der Waals surface area contributed by atoms with Crippen LogP contribution in [0.25, 0.3) is 11.1 Å². The Hall–Kier alpha value is -3.12. The molecule has 0 atom stereocenters. The van der Waals surface area contributed by atoms with Crippen molar-refractivity contribution in [3.05, 3.63) is 72.0 Å². The van der Waals surface area contributed by atoms with Gasteiger partial charge in [-0.25, -0.2) is 0 Å². The van der Waals surface area contributed by atoms with Crippen molar-refractivity contribution in [2.45, 2.75) is 19.4 Å². The van der Waals surface area contributed by atoms with Crippen LogP contribution < -0.4 is 5.32 Å². The van der Waals surface area contributed by atoms with Crippen molar-refractivity contribution in [1.82, 2.24) is 14.7 Å². The molecule has 0 saturated carbocycles. The molecule has 0 radical (unpaired) electrons. The monoisotopic (exact) mass is 422 g/mol. The summed E-state index contributed by atoms with van der Waals surface area (Å²) in [5.41, 5.74) is 2.76. The summed E-state index contributed by atoms with van der Waals surface area (Å²) in [5, 5.41) is 7.78. The highest BCUT2D eigenvalue weighted by atomic mass is 35.5. The highest BCUT2D eigenvalue weighted by molar-refractivity contribution is 6.30. The van der Waals surface area contributed by atoms with Crippen molar-refractivity contribution in [2.75, 3.05) is 18.4 Å². The summed E-state index contributed by atoms with van der Waals surface area (Å²) in [6.45, 7) is 1.40. The van der Waals surface area contributed by atoms with Crippen LogP contribution in [0, 0.1) is 5.92 Å². The van der Waals surface area contributed by atoms with Crippen LogP contribution in [0.15, 0.2) is 67.0 Å². The highest BCUT2D eigenvalue weighted by Crippen LogP contribution is 2.26. The fourth-order valence-corrected chi connectivity index (χ4v) is 3.90. The van der Waals surface area contributed by atoms with Gasteiger partial charge in [-0.3, -0.25) is 14.3 Å². The first kappa shape index (κ1) is 20.2. The van der Waals surface area contributed by atoms with Gasteiger partial charge in [-0.2, -0.15) is 5.10 Å². The van der Waals surface area contributed by atoms with E-state index in [9.17, 15) is 9.59 Å². The molecule has 2 amide bonds. The summed E-state index contributed by atoms with van der Waals surface area (Å²) < 4.78 is 1.62. The van der Waals surface area contributed by atoms with Gasteiger partial charge in [0.05, 0.1) is 0 Å². The molecule has 30 heavy (non-hydrogen) atoms. The second-order valence-electron chi connectivity index (χ2n) is 7.44. The highest BCUT2D eigenvalue weighted by Gasteiger charge is 2.27. The van der Waals surface area contributed by atoms with E-state index in [1.165, 1.54) is 0 Å². The number of nitrogens with one attached hydrogen (secondary N) is 1. The van der Waals surface area contributed by atoms with Crippen molar-refractivity contribution < 1.29 is 9.59 Å². The van der Waals surface area contributed by atoms with E-state index in [4.69, 9.17) is 11.6 Å². The predicted octanol–water partition coefficient (Wildman–Crippen LogP) is 4.08. The number of anilines is 1. The molecule has 7 heteroatoms. The van der Waals surface area contributed by atoms with E-state index >= 15 is 0 Å². The number of likely N-dealkylation sites (tertiary alicyclic amines) is 1. The maximum absolute atomic E-state index is 12.8. The zero-order valence-electron chi connectivity index (χ0n) is 16.5. The van der Waals surface area contributed by atoms with Gasteiger partial charge in [0.15, 0.2) is 0 Å². The largest absolute Gasteiger partial charge is 0.341 e. The van der Waals surface area contributed by atoms with E-state index in [-0.39, 0.29) is 24.3 Å². The zero-order valence-corrected chi connectivity index (χ0v) is 17.3. The number of carbonyl (C=O) groups excluding carboxylic acids is 2. The van der Waals surface area contributed by atoms with Crippen LogP contribution in [0.3, 0.4) is 0 Å². The van der Waals surface area contributed by atoms with Crippen molar-refractivity contribution in [3.8, 4) is 11.1 Å². The van der Waals surface area contributed by atoms with Gasteiger partial charge < -0.3 is 10.2 Å². The number of halogens is 1. The molecule has 0 unspecified atom stereocenters. The molecule has 2 aromatic carbocycles. The predicted molar refractivity (Wildman–Crippen MR) is 117 cm³/mol. The van der Waals surface area contributed by atoms with Gasteiger partial charge in [0.25, 0.3) is 0 Å². The Bertz CT molecular complexity index is 1030. The number of amides is 2. The van der Waals surface area contributed by atoms with Gasteiger partial charge in [0, 0.05) is 42.1 Å². The maximum Gasteiger partial charge on any atom is 0.244 e. The molecule has 1 aliphatic heterocycles. The van der Waals surface area contributed by atoms with Crippen molar-refractivity contribution >= 4 is 29.1 Å². The Morgan fingerprint density at radius 3 is 2.47 bits per heavy atom. The molecule has 4 rings (SSSR count). The Morgan fingerprint density at radius 1 is 1.03 bits per heavy atom. The molecule has 2 heterocycles. The number of rotatable bonds is 5. The third kappa shape index (κ3) is 4.89. The van der Waals surface area contributed by atoms with Crippen LogP contribution >= 0.6 is 11.6 Å². The van der Waals surface area contributed by atoms with Crippen LogP contribution in [-0.4, -0.2) is 39.6 Å². The Kier molecular flexibility index (Phi) is 6.14. The molecule has 1 N–H and O–H groups in total. The lowest BCUT2D eigenvalue weighted by Gasteiger charge is -2.31. The van der Waals surface area contributed by atoms with Gasteiger partial charge >= 0.3 is 0 Å². The molecule has 154 valence electrons. The van der Waals surface area contributed by atoms with Crippen LogP contribution in [0.5, 0.6) is 0 Å². The number of benzene rings is 2. The molecule has 0 spiro atoms. The summed E-state index contributed by atoms with van der Waals surface area (Å²) in [6.07, 6.45) is 4.75. The van der Waals surface area contributed by atoms with Gasteiger partial charge in [-0.05, 0) is 54.3 Å². The maximum atomic E-state index is 12.8. The number of hydrogen-bond donors (Lipinski definition) is 1. The second kappa shape index (κ2) is 9.13. The molecule has 1 fully saturated rings. The van der Waals surface area contributed by atoms with Gasteiger partial charge in [-0.1, -0.05) is 35.9 Å². The zero-order chi connectivity index (χ0) is 20.9. The molecule has 3 aromatic rings. The Balaban J connectivity index is 1.33. The average molecular weight is 423 g/mol. The lowest BCUT2D eigenvalue weighted by Crippen LogP contribution is -2.42. The summed E-state index contributed by atoms with van der Waals surface area (Å²) in [6, 6.07) is 17.2. The minimum atomic E-state index is -0.103. The van der Waals surface area contributed by atoms with Gasteiger partial charge in [-0.15, -0.1) is 0 Å². The standard InChI is InChI=1S/C23H23ClN4O2/c24-20-6-1-4-18(14-20)19-5-2-7-21(15-19)26-23(30)17-8-12-27(13-9-17)22(29)16-28-11-3-10-25-28/h1-7,10-11,14-15,17H,8-9,12-13,16H2,(H,26,30). The van der Waals surface area contributed by atoms with E-state index < -0.39 is 0 Å². The molecule has 1 aromatic heterocycles. The number of nitrogens with zero attached hydrogens (tertiary/aromatic N) is 3. The molecule has 0 bridgehead atoms. The van der Waals surface area contributed by atoms with E-state index in [1.807, 2.05) is 53.4 Å². The first-order chi connectivity index (χ1) is 14.6. The topological polar surface area (TPSA) is 67.2 Å². The minimum Gasteiger partial charge on any atom is -0.341 e. The number of piperidine rings is 1. The third-order valence-corrected chi connectivity index (χ3v) is 5.60. The Morgan fingerprint density at radius 2 is 1.77 bits per heavy atom. The lowest BCUT2D eigenvalue weighted by atomic mass is 9.95. The summed E-state index contributed by atoms with van der Waals surface area (Å²) in [4.78, 5) is 26.9. The third-order valence-electron chi connectivity index (χ3n) is 5.36. The van der Waals surface area contributed by atoms with Crippen LogP contribution in [0.4, 0.5) is 5.69 Å². The van der Waals surface area contributed by atoms with E-state index in [0.717, 1.165) is 16.8 Å². The van der Waals surface area contributed by atoms with E-state index in [1.54, 1.807) is 23.1 Å². The van der Waals surface area contributed by atoms with E-state index in [0.29, 0.717) is 31.0 Å². The van der Waals surface area contributed by atoms with Crippen LogP contribution in [-0.2, 0) is 16.1 Å². The lowest BCUT2D eigenvalue weighted by molar-refractivity contribution is -0.135. The molecule has 0 aliphatic carbocycles. The number of aromatic nitrogens is 2. The average Bonchev–Trinajstić information content (AvgIpc) is 3.27.